The van der Waals surface area contributed by atoms with Crippen molar-refractivity contribution in [1.82, 2.24) is 30.2 Å². The van der Waals surface area contributed by atoms with Crippen LogP contribution in [0.4, 0.5) is 0 Å². The van der Waals surface area contributed by atoms with Crippen LogP contribution in [0.5, 0.6) is 0 Å². The molecule has 0 saturated carbocycles. The maximum Gasteiger partial charge on any atom is 0.353 e. The number of β-lactam (4-membered cyclic amide) rings is 3. The molecule has 15 N–H and O–H groups in total. The lowest BCUT2D eigenvalue weighted by molar-refractivity contribution is -0.163. The van der Waals surface area contributed by atoms with Crippen molar-refractivity contribution in [3.63, 3.8) is 0 Å². The number of allylic oxidation sites excluding steroid dienone is 1. The molecule has 27 heteroatoms. The molecule has 0 unspecified atom stereocenters. The molecule has 8 rings (SSSR count). The molecule has 0 aliphatic carbocycles. The maximum absolute atomic E-state index is 12.3. The minimum Gasteiger partial charge on any atom is -0.477 e. The number of thioether (sulfide) groups is 2. The lowest BCUT2D eigenvalue weighted by atomic mass is 9.79. The molecule has 396 valence electrons. The summed E-state index contributed by atoms with van der Waals surface area (Å²) in [6.07, 6.45) is 1.60. The molecular formula is C45H62ClN9O15S2. The first kappa shape index (κ1) is 59.0. The number of fused-ring (bicyclic) bond motifs is 3. The fraction of sp³-hybridized carbons (Fsp3) is 0.533. The topological polar surface area (TPSA) is 402 Å². The summed E-state index contributed by atoms with van der Waals surface area (Å²) >= 11 is 8.74. The van der Waals surface area contributed by atoms with Gasteiger partial charge in [0.2, 0.25) is 23.6 Å². The molecule has 7 aliphatic rings. The molecule has 72 heavy (non-hydrogen) atoms. The van der Waals surface area contributed by atoms with Crippen molar-refractivity contribution in [2.75, 3.05) is 32.9 Å². The minimum atomic E-state index is -1.25. The van der Waals surface area contributed by atoms with Crippen LogP contribution >= 0.6 is 35.1 Å². The predicted molar refractivity (Wildman–Crippen MR) is 264 cm³/mol. The number of benzene rings is 1. The van der Waals surface area contributed by atoms with Gasteiger partial charge in [-0.3, -0.25) is 33.9 Å². The van der Waals surface area contributed by atoms with Crippen LogP contribution in [0.2, 0.25) is 0 Å². The second-order valence-corrected chi connectivity index (χ2v) is 20.9. The number of nitrogens with one attached hydrogen (secondary N) is 2. The number of aliphatic imine (C=N–C) groups is 1. The number of aliphatic carboxylic acids is 3. The van der Waals surface area contributed by atoms with Gasteiger partial charge < -0.3 is 73.3 Å². The number of hydrogen-bond donors (Lipinski definition) is 9. The molecule has 4 fully saturated rings. The van der Waals surface area contributed by atoms with Gasteiger partial charge in [0.1, 0.15) is 29.2 Å². The number of rotatable bonds is 15. The monoisotopic (exact) mass is 1070 g/mol. The first-order valence-corrected chi connectivity index (χ1v) is 24.8. The summed E-state index contributed by atoms with van der Waals surface area (Å²) in [7, 11) is 3.42. The fourth-order valence-electron chi connectivity index (χ4n) is 9.88. The number of nitrogens with zero attached hydrogens (tertiary/aromatic N) is 5. The standard InChI is InChI=1S/C17H25N3O5S.C16H16ClN3O4.C12H17N3O4S.2H2O/c1-7-12-11(8(2)21)16(23)20(12)13(17(24)25)14(7)26-9-5-10(18-6-9)15(22)19(3)4;17-9-6-7-10-12(15(22)20(10)13(9)16(23)24)19-14(21)11(18)8-4-2-1-3-5-8;1-6(16)9-7-4-8(20-3-2-14-5-13)10(12(18)19)15(7)11(9)17;;/h7-12,18,21H,5-6H2,1-4H3,(H,24,25);1-5,10-12H,6-7,18H2,(H,19,21)(H,23,24);5-7,9,16H,2-4H2,1H3,(H2,13,14)(H,18,19);2*1H2/t7-,8-,9+,10+,11-,12-;10-,11-,12+;6-,7-,9-;;/m111../s1. The normalized spacial score (nSPS) is 28.0. The highest BCUT2D eigenvalue weighted by Gasteiger charge is 2.61. The molecule has 4 saturated heterocycles. The third kappa shape index (κ3) is 11.5. The molecule has 1 aromatic carbocycles. The van der Waals surface area contributed by atoms with E-state index in [1.807, 2.05) is 13.0 Å². The third-order valence-electron chi connectivity index (χ3n) is 13.2. The maximum atomic E-state index is 12.3. The molecule has 7 heterocycles. The summed E-state index contributed by atoms with van der Waals surface area (Å²) in [5.74, 6) is -5.64. The molecule has 7 aliphatic heterocycles. The van der Waals surface area contributed by atoms with Crippen LogP contribution in [0.25, 0.3) is 0 Å². The number of aliphatic hydroxyl groups excluding tert-OH is 2. The van der Waals surface area contributed by atoms with E-state index in [2.05, 4.69) is 15.6 Å². The van der Waals surface area contributed by atoms with Crippen molar-refractivity contribution in [2.45, 2.75) is 100 Å². The number of carbonyl (C=O) groups is 8. The number of likely N-dealkylation sites (N-methyl/N-ethyl adjacent to an activating group) is 1. The molecule has 0 spiro atoms. The highest BCUT2D eigenvalue weighted by atomic mass is 35.5. The largest absolute Gasteiger partial charge is 0.477 e. The quantitative estimate of drug-likeness (QED) is 0.0412. The van der Waals surface area contributed by atoms with E-state index < -0.39 is 71.9 Å². The zero-order chi connectivity index (χ0) is 51.6. The van der Waals surface area contributed by atoms with E-state index >= 15 is 0 Å². The van der Waals surface area contributed by atoms with Crippen LogP contribution in [-0.4, -0.2) is 190 Å². The molecule has 0 radical (unpaired) electrons. The minimum absolute atomic E-state index is 0. The predicted octanol–water partition coefficient (Wildman–Crippen LogP) is -1.63. The molecule has 5 amide bonds. The first-order chi connectivity index (χ1) is 33.0. The van der Waals surface area contributed by atoms with Crippen LogP contribution in [-0.2, 0) is 38.4 Å². The van der Waals surface area contributed by atoms with Gasteiger partial charge >= 0.3 is 17.9 Å². The van der Waals surface area contributed by atoms with Gasteiger partial charge in [-0.1, -0.05) is 48.9 Å². The fourth-order valence-corrected chi connectivity index (χ4v) is 12.7. The average Bonchev–Trinajstić information content (AvgIpc) is 3.98. The van der Waals surface area contributed by atoms with Gasteiger partial charge in [0.25, 0.3) is 5.91 Å². The van der Waals surface area contributed by atoms with Crippen LogP contribution in [0.15, 0.2) is 67.3 Å². The van der Waals surface area contributed by atoms with Crippen LogP contribution in [0.3, 0.4) is 0 Å². The summed E-state index contributed by atoms with van der Waals surface area (Å²) in [6.45, 7) is 6.13. The van der Waals surface area contributed by atoms with Crippen molar-refractivity contribution >= 4 is 88.9 Å². The highest BCUT2D eigenvalue weighted by Crippen LogP contribution is 2.52. The van der Waals surface area contributed by atoms with E-state index in [1.54, 1.807) is 57.1 Å². The van der Waals surface area contributed by atoms with E-state index in [4.69, 9.17) is 23.1 Å². The van der Waals surface area contributed by atoms with E-state index in [0.29, 0.717) is 59.9 Å². The zero-order valence-corrected chi connectivity index (χ0v) is 42.3. The van der Waals surface area contributed by atoms with E-state index in [9.17, 15) is 63.9 Å². The number of nitrogens with two attached hydrogens (primary N) is 2. The van der Waals surface area contributed by atoms with Crippen molar-refractivity contribution in [3.05, 3.63) is 67.8 Å². The first-order valence-electron chi connectivity index (χ1n) is 22.5. The summed E-state index contributed by atoms with van der Waals surface area (Å²) in [4.78, 5) is 106. The van der Waals surface area contributed by atoms with Gasteiger partial charge in [0.15, 0.2) is 0 Å². The Balaban J connectivity index is 0.000000233. The van der Waals surface area contributed by atoms with E-state index in [1.165, 1.54) is 39.7 Å². The Labute approximate surface area is 427 Å². The van der Waals surface area contributed by atoms with E-state index in [0.717, 1.165) is 4.90 Å². The number of halogens is 1. The molecule has 0 aromatic heterocycles. The van der Waals surface area contributed by atoms with Crippen LogP contribution in [0, 0.1) is 17.8 Å². The highest BCUT2D eigenvalue weighted by molar-refractivity contribution is 8.03. The Morgan fingerprint density at radius 2 is 1.49 bits per heavy atom. The number of carboxylic acids is 3. The Bertz CT molecular complexity index is 2420. The van der Waals surface area contributed by atoms with Gasteiger partial charge in [-0.15, -0.1) is 23.5 Å². The lowest BCUT2D eigenvalue weighted by Crippen LogP contribution is -2.72. The Morgan fingerprint density at radius 1 is 0.903 bits per heavy atom. The Kier molecular flexibility index (Phi) is 20.0. The van der Waals surface area contributed by atoms with Crippen LogP contribution < -0.4 is 22.1 Å². The average molecular weight is 1070 g/mol. The molecule has 12 atom stereocenters. The SMILES string of the molecule is C[C@@H](O)[C@H]1C(=O)N2C(C(=O)O)=C(SCCN=CN)C[C@H]12.C[C@@H](O)[C@H]1C(=O)N2C(C(=O)O)=C(S[C@@H]3CN[C@H](C(=O)N(C)C)C3)[C@H](C)[C@H]12.N[C@@H](C(=O)N[C@@H]1C(=O)N2C(C(=O)O)=C(Cl)CC[C@H]12)c1ccccc1.O.O. The molecular weight excluding hydrogens is 1010 g/mol. The van der Waals surface area contributed by atoms with Gasteiger partial charge in [-0.2, -0.15) is 0 Å². The molecule has 0 bridgehead atoms. The molecule has 24 nitrogen and oxygen atoms in total. The smallest absolute Gasteiger partial charge is 0.353 e. The number of carboxylic acid groups (broad SMARTS) is 3. The van der Waals surface area contributed by atoms with Gasteiger partial charge in [-0.05, 0) is 38.7 Å². The summed E-state index contributed by atoms with van der Waals surface area (Å²) in [5.41, 5.74) is 11.6. The zero-order valence-electron chi connectivity index (χ0n) is 39.9. The Morgan fingerprint density at radius 3 is 2.04 bits per heavy atom. The number of carbonyl (C=O) groups excluding carboxylic acids is 5. The van der Waals surface area contributed by atoms with Crippen LogP contribution in [0.1, 0.15) is 58.1 Å². The number of hydrogen-bond acceptors (Lipinski definition) is 15. The summed E-state index contributed by atoms with van der Waals surface area (Å²) in [5, 5.41) is 53.6. The number of amides is 5. The van der Waals surface area contributed by atoms with Gasteiger partial charge in [-0.25, -0.2) is 14.4 Å². The van der Waals surface area contributed by atoms with Crippen molar-refractivity contribution in [3.8, 4) is 0 Å². The Hall–Kier alpha value is -5.58. The van der Waals surface area contributed by atoms with Crippen molar-refractivity contribution in [1.29, 1.82) is 0 Å². The second kappa shape index (κ2) is 24.4. The summed E-state index contributed by atoms with van der Waals surface area (Å²) in [6, 6.07) is 5.94. The van der Waals surface area contributed by atoms with Gasteiger partial charge in [0.05, 0.1) is 61.1 Å². The third-order valence-corrected chi connectivity index (χ3v) is 16.2. The van der Waals surface area contributed by atoms with Crippen molar-refractivity contribution < 1.29 is 74.8 Å². The van der Waals surface area contributed by atoms with Crippen molar-refractivity contribution in [2.24, 2.45) is 34.2 Å². The second-order valence-electron chi connectivity index (χ2n) is 17.9. The molecule has 1 aromatic rings. The van der Waals surface area contributed by atoms with E-state index in [-0.39, 0.29) is 80.1 Å². The number of aliphatic hydroxyl groups is 2. The lowest BCUT2D eigenvalue weighted by Gasteiger charge is -2.49. The summed E-state index contributed by atoms with van der Waals surface area (Å²) < 4.78 is 0. The van der Waals surface area contributed by atoms with Gasteiger partial charge in [0, 0.05) is 58.8 Å².